The van der Waals surface area contributed by atoms with Gasteiger partial charge in [0.25, 0.3) is 5.56 Å². The van der Waals surface area contributed by atoms with E-state index in [9.17, 15) is 9.59 Å². The predicted octanol–water partition coefficient (Wildman–Crippen LogP) is 2.54. The minimum Gasteiger partial charge on any atom is -0.464 e. The Morgan fingerprint density at radius 2 is 2.36 bits per heavy atom. The largest absolute Gasteiger partial charge is 0.464 e. The molecule has 2 aromatic heterocycles. The molecule has 0 bridgehead atoms. The molecule has 118 valence electrons. The van der Waals surface area contributed by atoms with Crippen LogP contribution in [-0.4, -0.2) is 22.1 Å². The van der Waals surface area contributed by atoms with E-state index < -0.39 is 0 Å². The molecule has 0 spiro atoms. The van der Waals surface area contributed by atoms with Gasteiger partial charge < -0.3 is 4.74 Å². The van der Waals surface area contributed by atoms with Gasteiger partial charge in [0.05, 0.1) is 18.3 Å². The summed E-state index contributed by atoms with van der Waals surface area (Å²) in [6.07, 6.45) is 5.29. The van der Waals surface area contributed by atoms with Crippen LogP contribution in [0, 0.1) is 5.92 Å². The smallest absolute Gasteiger partial charge is 0.326 e. The lowest BCUT2D eigenvalue weighted by molar-refractivity contribution is -0.144. The molecule has 0 saturated heterocycles. The normalized spacial score (nSPS) is 17.5. The maximum absolute atomic E-state index is 12.7. The average molecular weight is 320 g/mol. The van der Waals surface area contributed by atoms with Gasteiger partial charge in [0, 0.05) is 4.88 Å². The van der Waals surface area contributed by atoms with E-state index in [4.69, 9.17) is 4.74 Å². The van der Waals surface area contributed by atoms with Crippen molar-refractivity contribution in [1.82, 2.24) is 9.55 Å². The van der Waals surface area contributed by atoms with Crippen molar-refractivity contribution in [2.24, 2.45) is 5.92 Å². The van der Waals surface area contributed by atoms with E-state index in [2.05, 4.69) is 11.9 Å². The quantitative estimate of drug-likeness (QED) is 0.812. The first-order valence-corrected chi connectivity index (χ1v) is 8.57. The third kappa shape index (κ3) is 2.79. The molecule has 2 heterocycles. The Balaban J connectivity index is 1.96. The second-order valence-electron chi connectivity index (χ2n) is 5.93. The Labute approximate surface area is 132 Å². The second-order valence-corrected chi connectivity index (χ2v) is 7.01. The fraction of sp³-hybridized carbons (Fsp3) is 0.562. The molecule has 0 saturated carbocycles. The Morgan fingerprint density at radius 3 is 3.14 bits per heavy atom. The minimum atomic E-state index is -0.386. The molecule has 3 rings (SSSR count). The third-order valence-electron chi connectivity index (χ3n) is 4.05. The average Bonchev–Trinajstić information content (AvgIpc) is 2.86. The van der Waals surface area contributed by atoms with Crippen LogP contribution in [0.4, 0.5) is 0 Å². The first-order valence-electron chi connectivity index (χ1n) is 7.75. The summed E-state index contributed by atoms with van der Waals surface area (Å²) in [4.78, 5) is 30.9. The SMILES string of the molecule is CCCOC(=O)Cn1cnc2sc3c(c2c1=O)CCC(C)C3. The molecule has 5 nitrogen and oxygen atoms in total. The number of aromatic nitrogens is 2. The molecule has 1 unspecified atom stereocenters. The maximum Gasteiger partial charge on any atom is 0.326 e. The molecule has 0 fully saturated rings. The van der Waals surface area contributed by atoms with Gasteiger partial charge in [0.15, 0.2) is 0 Å². The third-order valence-corrected chi connectivity index (χ3v) is 5.21. The van der Waals surface area contributed by atoms with Crippen LogP contribution < -0.4 is 5.56 Å². The molecule has 0 aliphatic heterocycles. The van der Waals surface area contributed by atoms with Gasteiger partial charge in [-0.2, -0.15) is 0 Å². The van der Waals surface area contributed by atoms with Crippen molar-refractivity contribution < 1.29 is 9.53 Å². The maximum atomic E-state index is 12.7. The number of carbonyl (C=O) groups excluding carboxylic acids is 1. The van der Waals surface area contributed by atoms with E-state index in [0.717, 1.165) is 36.1 Å². The van der Waals surface area contributed by atoms with Gasteiger partial charge in [-0.1, -0.05) is 13.8 Å². The van der Waals surface area contributed by atoms with Crippen LogP contribution in [0.1, 0.15) is 37.1 Å². The monoisotopic (exact) mass is 320 g/mol. The lowest BCUT2D eigenvalue weighted by Crippen LogP contribution is -2.26. The van der Waals surface area contributed by atoms with Crippen molar-refractivity contribution in [3.05, 3.63) is 27.1 Å². The fourth-order valence-electron chi connectivity index (χ4n) is 2.88. The number of rotatable bonds is 4. The summed E-state index contributed by atoms with van der Waals surface area (Å²) >= 11 is 1.62. The molecule has 0 aromatic carbocycles. The zero-order valence-corrected chi connectivity index (χ0v) is 13.7. The zero-order valence-electron chi connectivity index (χ0n) is 12.9. The molecule has 6 heteroatoms. The Hall–Kier alpha value is -1.69. The summed E-state index contributed by atoms with van der Waals surface area (Å²) in [5.41, 5.74) is 1.03. The number of nitrogens with zero attached hydrogens (tertiary/aromatic N) is 2. The van der Waals surface area contributed by atoms with Gasteiger partial charge in [-0.15, -0.1) is 11.3 Å². The zero-order chi connectivity index (χ0) is 15.7. The van der Waals surface area contributed by atoms with Gasteiger partial charge in [-0.05, 0) is 37.2 Å². The molecule has 0 radical (unpaired) electrons. The number of hydrogen-bond acceptors (Lipinski definition) is 5. The van der Waals surface area contributed by atoms with Crippen LogP contribution >= 0.6 is 11.3 Å². The van der Waals surface area contributed by atoms with E-state index in [1.165, 1.54) is 15.8 Å². The van der Waals surface area contributed by atoms with Crippen LogP contribution in [0.25, 0.3) is 10.2 Å². The summed E-state index contributed by atoms with van der Waals surface area (Å²) in [5.74, 6) is 0.273. The Bertz CT molecular complexity index is 763. The van der Waals surface area contributed by atoms with Crippen LogP contribution in [0.5, 0.6) is 0 Å². The highest BCUT2D eigenvalue weighted by atomic mass is 32.1. The van der Waals surface area contributed by atoms with Crippen LogP contribution in [0.15, 0.2) is 11.1 Å². The summed E-state index contributed by atoms with van der Waals surface area (Å²) in [5, 5.41) is 0.706. The second kappa shape index (κ2) is 6.20. The lowest BCUT2D eigenvalue weighted by Gasteiger charge is -2.17. The topological polar surface area (TPSA) is 61.2 Å². The molecule has 2 aromatic rings. The van der Waals surface area contributed by atoms with E-state index in [1.807, 2.05) is 6.92 Å². The molecule has 1 atom stereocenters. The first-order chi connectivity index (χ1) is 10.6. The lowest BCUT2D eigenvalue weighted by atomic mass is 9.89. The summed E-state index contributed by atoms with van der Waals surface area (Å²) < 4.78 is 6.41. The molecule has 22 heavy (non-hydrogen) atoms. The molecule has 1 aliphatic carbocycles. The Kier molecular flexibility index (Phi) is 4.29. The number of thiophene rings is 1. The van der Waals surface area contributed by atoms with Crippen molar-refractivity contribution in [2.45, 2.75) is 46.1 Å². The molecule has 0 N–H and O–H groups in total. The van der Waals surface area contributed by atoms with Gasteiger partial charge >= 0.3 is 5.97 Å². The number of hydrogen-bond donors (Lipinski definition) is 0. The van der Waals surface area contributed by atoms with Crippen LogP contribution in [-0.2, 0) is 28.9 Å². The Morgan fingerprint density at radius 1 is 1.55 bits per heavy atom. The highest BCUT2D eigenvalue weighted by Gasteiger charge is 2.23. The standard InChI is InChI=1S/C16H20N2O3S/c1-3-6-21-13(19)8-18-9-17-15-14(16(18)20)11-5-4-10(2)7-12(11)22-15/h9-10H,3-8H2,1-2H3. The summed E-state index contributed by atoms with van der Waals surface area (Å²) in [6, 6.07) is 0. The number of ether oxygens (including phenoxy) is 1. The number of fused-ring (bicyclic) bond motifs is 3. The highest BCUT2D eigenvalue weighted by Crippen LogP contribution is 2.35. The van der Waals surface area contributed by atoms with Crippen molar-refractivity contribution in [3.8, 4) is 0 Å². The highest BCUT2D eigenvalue weighted by molar-refractivity contribution is 7.18. The van der Waals surface area contributed by atoms with Gasteiger partial charge in [0.2, 0.25) is 0 Å². The molecular formula is C16H20N2O3S. The molecule has 1 aliphatic rings. The van der Waals surface area contributed by atoms with Crippen LogP contribution in [0.2, 0.25) is 0 Å². The van der Waals surface area contributed by atoms with Crippen molar-refractivity contribution >= 4 is 27.5 Å². The molecule has 0 amide bonds. The number of carbonyl (C=O) groups is 1. The number of esters is 1. The van der Waals surface area contributed by atoms with Gasteiger partial charge in [-0.25, -0.2) is 4.98 Å². The van der Waals surface area contributed by atoms with E-state index in [-0.39, 0.29) is 18.1 Å². The predicted molar refractivity (Wildman–Crippen MR) is 86.3 cm³/mol. The first kappa shape index (κ1) is 15.2. The minimum absolute atomic E-state index is 0.0667. The summed E-state index contributed by atoms with van der Waals surface area (Å²) in [6.45, 7) is 4.49. The van der Waals surface area contributed by atoms with E-state index in [0.29, 0.717) is 17.9 Å². The van der Waals surface area contributed by atoms with Crippen LogP contribution in [0.3, 0.4) is 0 Å². The van der Waals surface area contributed by atoms with Gasteiger partial charge in [-0.3, -0.25) is 14.2 Å². The van der Waals surface area contributed by atoms with Crippen molar-refractivity contribution in [3.63, 3.8) is 0 Å². The molecular weight excluding hydrogens is 300 g/mol. The van der Waals surface area contributed by atoms with Crippen molar-refractivity contribution in [1.29, 1.82) is 0 Å². The van der Waals surface area contributed by atoms with E-state index in [1.54, 1.807) is 11.3 Å². The number of aryl methyl sites for hydroxylation is 1. The van der Waals surface area contributed by atoms with E-state index >= 15 is 0 Å². The van der Waals surface area contributed by atoms with Gasteiger partial charge in [0.1, 0.15) is 11.4 Å². The fourth-order valence-corrected chi connectivity index (χ4v) is 4.22. The van der Waals surface area contributed by atoms with Crippen molar-refractivity contribution in [2.75, 3.05) is 6.61 Å². The summed E-state index contributed by atoms with van der Waals surface area (Å²) in [7, 11) is 0.